The molecule has 1 atom stereocenters. The third-order valence-electron chi connectivity index (χ3n) is 1.96. The first-order chi connectivity index (χ1) is 6.15. The lowest BCUT2D eigenvalue weighted by Crippen LogP contribution is -2.11. The normalized spacial score (nSPS) is 12.9. The Morgan fingerprint density at radius 3 is 2.62 bits per heavy atom. The van der Waals surface area contributed by atoms with Crippen molar-refractivity contribution in [2.24, 2.45) is 5.73 Å². The zero-order chi connectivity index (χ0) is 9.84. The molecule has 72 valence electrons. The van der Waals surface area contributed by atoms with Crippen LogP contribution in [-0.2, 0) is 0 Å². The van der Waals surface area contributed by atoms with Crippen LogP contribution in [0.4, 0.5) is 8.78 Å². The third kappa shape index (κ3) is 2.49. The highest BCUT2D eigenvalue weighted by Crippen LogP contribution is 2.19. The van der Waals surface area contributed by atoms with Gasteiger partial charge >= 0.3 is 0 Å². The van der Waals surface area contributed by atoms with Crippen molar-refractivity contribution in [2.75, 3.05) is 0 Å². The maximum Gasteiger partial charge on any atom is 0.130 e. The molecular formula is C10H13F2N. The molecule has 1 aromatic rings. The summed E-state index contributed by atoms with van der Waals surface area (Å²) in [6, 6.07) is 3.18. The highest BCUT2D eigenvalue weighted by molar-refractivity contribution is 5.21. The molecule has 0 saturated carbocycles. The Morgan fingerprint density at radius 1 is 1.38 bits per heavy atom. The summed E-state index contributed by atoms with van der Waals surface area (Å²) in [4.78, 5) is 0. The van der Waals surface area contributed by atoms with Gasteiger partial charge < -0.3 is 5.73 Å². The van der Waals surface area contributed by atoms with Gasteiger partial charge in [0.25, 0.3) is 0 Å². The van der Waals surface area contributed by atoms with Gasteiger partial charge in [-0.2, -0.15) is 0 Å². The first-order valence-corrected chi connectivity index (χ1v) is 4.35. The zero-order valence-electron chi connectivity index (χ0n) is 7.56. The van der Waals surface area contributed by atoms with Crippen molar-refractivity contribution < 1.29 is 8.78 Å². The number of rotatable bonds is 3. The van der Waals surface area contributed by atoms with E-state index in [9.17, 15) is 8.78 Å². The van der Waals surface area contributed by atoms with Crippen LogP contribution in [-0.4, -0.2) is 0 Å². The first kappa shape index (κ1) is 10.1. The van der Waals surface area contributed by atoms with E-state index in [0.717, 1.165) is 12.5 Å². The molecule has 0 aliphatic heterocycles. The minimum absolute atomic E-state index is 0.328. The molecule has 0 saturated heterocycles. The zero-order valence-corrected chi connectivity index (χ0v) is 7.56. The average Bonchev–Trinajstić information content (AvgIpc) is 2.04. The van der Waals surface area contributed by atoms with Crippen molar-refractivity contribution in [1.82, 2.24) is 0 Å². The highest BCUT2D eigenvalue weighted by Gasteiger charge is 2.10. The van der Waals surface area contributed by atoms with Crippen LogP contribution in [0.3, 0.4) is 0 Å². The van der Waals surface area contributed by atoms with Crippen molar-refractivity contribution in [2.45, 2.75) is 25.8 Å². The topological polar surface area (TPSA) is 26.0 Å². The average molecular weight is 185 g/mol. The minimum Gasteiger partial charge on any atom is -0.324 e. The third-order valence-corrected chi connectivity index (χ3v) is 1.96. The molecule has 0 amide bonds. The largest absolute Gasteiger partial charge is 0.324 e. The van der Waals surface area contributed by atoms with Crippen molar-refractivity contribution in [3.63, 3.8) is 0 Å². The van der Waals surface area contributed by atoms with Gasteiger partial charge in [0.1, 0.15) is 11.6 Å². The highest BCUT2D eigenvalue weighted by atomic mass is 19.1. The van der Waals surface area contributed by atoms with E-state index in [1.165, 1.54) is 12.1 Å². The summed E-state index contributed by atoms with van der Waals surface area (Å²) in [5, 5.41) is 0. The minimum atomic E-state index is -0.565. The van der Waals surface area contributed by atoms with E-state index in [0.29, 0.717) is 12.0 Å². The van der Waals surface area contributed by atoms with Gasteiger partial charge in [0.2, 0.25) is 0 Å². The van der Waals surface area contributed by atoms with Gasteiger partial charge in [0.05, 0.1) is 0 Å². The second kappa shape index (κ2) is 4.33. The van der Waals surface area contributed by atoms with Crippen LogP contribution in [0.2, 0.25) is 0 Å². The Hall–Kier alpha value is -0.960. The maximum atomic E-state index is 13.1. The van der Waals surface area contributed by atoms with Gasteiger partial charge in [0, 0.05) is 17.7 Å². The number of hydrogen-bond donors (Lipinski definition) is 1. The summed E-state index contributed by atoms with van der Waals surface area (Å²) in [6.45, 7) is 1.97. The van der Waals surface area contributed by atoms with Crippen molar-refractivity contribution >= 4 is 0 Å². The predicted octanol–water partition coefficient (Wildman–Crippen LogP) is 2.76. The standard InChI is InChI=1S/C10H13F2N/c1-2-3-10(13)8-5-4-7(11)6-9(8)12/h4-6,10H,2-3,13H2,1H3/t10-/m1/s1. The van der Waals surface area contributed by atoms with Gasteiger partial charge in [-0.15, -0.1) is 0 Å². The summed E-state index contributed by atoms with van der Waals surface area (Å²) >= 11 is 0. The molecule has 0 aliphatic carbocycles. The van der Waals surface area contributed by atoms with Gasteiger partial charge in [-0.1, -0.05) is 19.4 Å². The molecular weight excluding hydrogens is 172 g/mol. The summed E-state index contributed by atoms with van der Waals surface area (Å²) in [6.07, 6.45) is 1.60. The summed E-state index contributed by atoms with van der Waals surface area (Å²) < 4.78 is 25.6. The Morgan fingerprint density at radius 2 is 2.08 bits per heavy atom. The Balaban J connectivity index is 2.88. The molecule has 1 nitrogen and oxygen atoms in total. The fourth-order valence-electron chi connectivity index (χ4n) is 1.27. The van der Waals surface area contributed by atoms with Crippen LogP contribution in [0.1, 0.15) is 31.4 Å². The molecule has 1 rings (SSSR count). The monoisotopic (exact) mass is 185 g/mol. The lowest BCUT2D eigenvalue weighted by Gasteiger charge is -2.11. The molecule has 1 aromatic carbocycles. The molecule has 0 unspecified atom stereocenters. The van der Waals surface area contributed by atoms with Crippen LogP contribution in [0, 0.1) is 11.6 Å². The number of halogens is 2. The van der Waals surface area contributed by atoms with Crippen molar-refractivity contribution in [3.8, 4) is 0 Å². The summed E-state index contributed by atoms with van der Waals surface area (Å²) in [7, 11) is 0. The maximum absolute atomic E-state index is 13.1. The van der Waals surface area contributed by atoms with E-state index >= 15 is 0 Å². The van der Waals surface area contributed by atoms with E-state index in [2.05, 4.69) is 0 Å². The lowest BCUT2D eigenvalue weighted by molar-refractivity contribution is 0.541. The van der Waals surface area contributed by atoms with E-state index in [-0.39, 0.29) is 6.04 Å². The van der Waals surface area contributed by atoms with E-state index in [1.807, 2.05) is 6.92 Å². The smallest absolute Gasteiger partial charge is 0.130 e. The van der Waals surface area contributed by atoms with E-state index in [1.54, 1.807) is 0 Å². The van der Waals surface area contributed by atoms with Crippen LogP contribution in [0.5, 0.6) is 0 Å². The molecule has 0 spiro atoms. The molecule has 0 aromatic heterocycles. The Bertz CT molecular complexity index is 286. The number of hydrogen-bond acceptors (Lipinski definition) is 1. The van der Waals surface area contributed by atoms with Crippen LogP contribution in [0.25, 0.3) is 0 Å². The Labute approximate surface area is 76.6 Å². The SMILES string of the molecule is CCC[C@@H](N)c1ccc(F)cc1F. The number of benzene rings is 1. The van der Waals surface area contributed by atoms with Gasteiger partial charge in [0.15, 0.2) is 0 Å². The predicted molar refractivity (Wildman–Crippen MR) is 48.2 cm³/mol. The molecule has 0 heterocycles. The van der Waals surface area contributed by atoms with Gasteiger partial charge in [-0.3, -0.25) is 0 Å². The first-order valence-electron chi connectivity index (χ1n) is 4.35. The van der Waals surface area contributed by atoms with Crippen LogP contribution < -0.4 is 5.73 Å². The van der Waals surface area contributed by atoms with Crippen LogP contribution in [0.15, 0.2) is 18.2 Å². The van der Waals surface area contributed by atoms with Crippen molar-refractivity contribution in [1.29, 1.82) is 0 Å². The fraction of sp³-hybridized carbons (Fsp3) is 0.400. The molecule has 0 aliphatic rings. The van der Waals surface area contributed by atoms with E-state index in [4.69, 9.17) is 5.73 Å². The second-order valence-corrected chi connectivity index (χ2v) is 3.06. The molecule has 13 heavy (non-hydrogen) atoms. The lowest BCUT2D eigenvalue weighted by atomic mass is 10.0. The van der Waals surface area contributed by atoms with Crippen LogP contribution >= 0.6 is 0 Å². The van der Waals surface area contributed by atoms with Gasteiger partial charge in [-0.25, -0.2) is 8.78 Å². The molecule has 2 N–H and O–H groups in total. The van der Waals surface area contributed by atoms with Gasteiger partial charge in [-0.05, 0) is 12.5 Å². The Kier molecular flexibility index (Phi) is 3.37. The molecule has 0 radical (unpaired) electrons. The number of nitrogens with two attached hydrogens (primary N) is 1. The molecule has 3 heteroatoms. The molecule has 0 fully saturated rings. The molecule has 0 bridgehead atoms. The fourth-order valence-corrected chi connectivity index (χ4v) is 1.27. The summed E-state index contributed by atoms with van der Waals surface area (Å²) in [5.74, 6) is -1.12. The summed E-state index contributed by atoms with van der Waals surface area (Å²) in [5.41, 5.74) is 6.09. The quantitative estimate of drug-likeness (QED) is 0.769. The van der Waals surface area contributed by atoms with E-state index < -0.39 is 11.6 Å². The second-order valence-electron chi connectivity index (χ2n) is 3.06. The van der Waals surface area contributed by atoms with Crippen molar-refractivity contribution in [3.05, 3.63) is 35.4 Å².